The molecular weight excluding hydrogens is 376 g/mol. The van der Waals surface area contributed by atoms with Crippen LogP contribution in [-0.4, -0.2) is 63.7 Å². The molecule has 0 heterocycles. The average Bonchev–Trinajstić information content (AvgIpc) is 2.73. The lowest BCUT2D eigenvalue weighted by Crippen LogP contribution is -2.45. The predicted molar refractivity (Wildman–Crippen MR) is 111 cm³/mol. The molecule has 0 fully saturated rings. The van der Waals surface area contributed by atoms with Crippen molar-refractivity contribution in [1.29, 1.82) is 0 Å². The lowest BCUT2D eigenvalue weighted by molar-refractivity contribution is -0.154. The van der Waals surface area contributed by atoms with Crippen LogP contribution in [0.2, 0.25) is 0 Å². The molecule has 7 heteroatoms. The number of ketones is 1. The first kappa shape index (κ1) is 28.0. The van der Waals surface area contributed by atoms with E-state index in [0.29, 0.717) is 6.42 Å². The summed E-state index contributed by atoms with van der Waals surface area (Å²) in [6.07, 6.45) is 10.7. The summed E-state index contributed by atoms with van der Waals surface area (Å²) in [5, 5.41) is 37.2. The van der Waals surface area contributed by atoms with Crippen LogP contribution in [0, 0.1) is 0 Å². The van der Waals surface area contributed by atoms with Crippen molar-refractivity contribution in [2.75, 3.05) is 13.2 Å². The highest BCUT2D eigenvalue weighted by atomic mass is 16.5. The Morgan fingerprint density at radius 2 is 1.21 bits per heavy atom. The van der Waals surface area contributed by atoms with Crippen LogP contribution in [0.1, 0.15) is 96.8 Å². The van der Waals surface area contributed by atoms with Gasteiger partial charge in [0.05, 0.1) is 0 Å². The highest BCUT2D eigenvalue weighted by molar-refractivity contribution is 5.84. The first-order valence-electron chi connectivity index (χ1n) is 11.3. The Kier molecular flexibility index (Phi) is 18.3. The summed E-state index contributed by atoms with van der Waals surface area (Å²) in [6, 6.07) is 0. The third-order valence-corrected chi connectivity index (χ3v) is 5.10. The summed E-state index contributed by atoms with van der Waals surface area (Å²) >= 11 is 0. The number of Topliss-reactive ketones (excluding diaryl/α,β-unsaturated/α-hetero) is 1. The minimum absolute atomic E-state index is 0.235. The van der Waals surface area contributed by atoms with Crippen molar-refractivity contribution < 1.29 is 34.8 Å². The van der Waals surface area contributed by atoms with E-state index >= 15 is 0 Å². The number of unbranched alkanes of at least 4 members (excludes halogenated alkanes) is 12. The van der Waals surface area contributed by atoms with Crippen molar-refractivity contribution in [3.8, 4) is 0 Å². The van der Waals surface area contributed by atoms with Gasteiger partial charge in [-0.3, -0.25) is 9.59 Å². The molecule has 0 aromatic carbocycles. The second kappa shape index (κ2) is 19.0. The molecule has 0 bridgehead atoms. The molecule has 0 aromatic rings. The number of aliphatic hydroxyl groups excluding tert-OH is 4. The number of aliphatic hydroxyl groups is 4. The first-order valence-corrected chi connectivity index (χ1v) is 11.3. The summed E-state index contributed by atoms with van der Waals surface area (Å²) < 4.78 is 4.86. The van der Waals surface area contributed by atoms with E-state index in [1.165, 1.54) is 64.2 Å². The van der Waals surface area contributed by atoms with Gasteiger partial charge < -0.3 is 25.2 Å². The number of hydrogen-bond acceptors (Lipinski definition) is 7. The summed E-state index contributed by atoms with van der Waals surface area (Å²) in [5.41, 5.74) is 0. The van der Waals surface area contributed by atoms with Crippen molar-refractivity contribution in [3.63, 3.8) is 0 Å². The van der Waals surface area contributed by atoms with Crippen molar-refractivity contribution in [2.45, 2.75) is 115 Å². The third-order valence-electron chi connectivity index (χ3n) is 5.10. The summed E-state index contributed by atoms with van der Waals surface area (Å²) in [6.45, 7) is 0.787. The van der Waals surface area contributed by atoms with Gasteiger partial charge in [-0.15, -0.1) is 0 Å². The smallest absolute Gasteiger partial charge is 0.305 e. The van der Waals surface area contributed by atoms with Crippen LogP contribution in [0.3, 0.4) is 0 Å². The largest absolute Gasteiger partial charge is 0.463 e. The molecule has 0 aliphatic heterocycles. The second-order valence-electron chi connectivity index (χ2n) is 7.80. The predicted octanol–water partition coefficient (Wildman–Crippen LogP) is 2.66. The van der Waals surface area contributed by atoms with E-state index < -0.39 is 43.3 Å². The number of esters is 1. The van der Waals surface area contributed by atoms with Gasteiger partial charge in [-0.1, -0.05) is 84.0 Å². The molecule has 0 rings (SSSR count). The lowest BCUT2D eigenvalue weighted by Gasteiger charge is -2.21. The minimum Gasteiger partial charge on any atom is -0.463 e. The summed E-state index contributed by atoms with van der Waals surface area (Å²) in [5.74, 6) is -1.49. The maximum Gasteiger partial charge on any atom is 0.305 e. The molecule has 4 N–H and O–H groups in total. The van der Waals surface area contributed by atoms with Gasteiger partial charge in [-0.05, 0) is 6.42 Å². The van der Waals surface area contributed by atoms with Gasteiger partial charge in [0.25, 0.3) is 0 Å². The van der Waals surface area contributed by atoms with Crippen LogP contribution in [0.15, 0.2) is 0 Å². The molecule has 0 spiro atoms. The van der Waals surface area contributed by atoms with Gasteiger partial charge in [0, 0.05) is 6.42 Å². The maximum absolute atomic E-state index is 11.6. The van der Waals surface area contributed by atoms with Crippen LogP contribution in [0.5, 0.6) is 0 Å². The fourth-order valence-corrected chi connectivity index (χ4v) is 3.13. The van der Waals surface area contributed by atoms with Crippen molar-refractivity contribution in [1.82, 2.24) is 0 Å². The average molecular weight is 419 g/mol. The minimum atomic E-state index is -1.91. The zero-order valence-electron chi connectivity index (χ0n) is 18.1. The molecule has 0 unspecified atom stereocenters. The SMILES string of the molecule is CCCCCCCCCCCCCCCC(=O)OC[C@@H](O)[C@@H](O)[C@H](O)C(=O)CO. The zero-order chi connectivity index (χ0) is 21.9. The molecule has 0 aliphatic rings. The van der Waals surface area contributed by atoms with Crippen molar-refractivity contribution >= 4 is 11.8 Å². The van der Waals surface area contributed by atoms with Gasteiger partial charge in [0.2, 0.25) is 0 Å². The van der Waals surface area contributed by atoms with Gasteiger partial charge in [0.1, 0.15) is 31.5 Å². The number of ether oxygens (including phenoxy) is 1. The van der Waals surface area contributed by atoms with Gasteiger partial charge in [-0.2, -0.15) is 0 Å². The molecule has 0 radical (unpaired) electrons. The fourth-order valence-electron chi connectivity index (χ4n) is 3.13. The Balaban J connectivity index is 3.53. The van der Waals surface area contributed by atoms with Crippen LogP contribution in [0.4, 0.5) is 0 Å². The van der Waals surface area contributed by atoms with E-state index in [2.05, 4.69) is 6.92 Å². The molecule has 3 atom stereocenters. The van der Waals surface area contributed by atoms with Crippen LogP contribution in [0.25, 0.3) is 0 Å². The van der Waals surface area contributed by atoms with Crippen molar-refractivity contribution in [3.05, 3.63) is 0 Å². The number of hydrogen-bond donors (Lipinski definition) is 4. The highest BCUT2D eigenvalue weighted by Crippen LogP contribution is 2.13. The van der Waals surface area contributed by atoms with Crippen LogP contribution < -0.4 is 0 Å². The molecular formula is C22H42O7. The highest BCUT2D eigenvalue weighted by Gasteiger charge is 2.30. The Labute approximate surface area is 175 Å². The number of carbonyl (C=O) groups excluding carboxylic acids is 2. The summed E-state index contributed by atoms with van der Waals surface area (Å²) in [7, 11) is 0. The van der Waals surface area contributed by atoms with E-state index in [1.807, 2.05) is 0 Å². The zero-order valence-corrected chi connectivity index (χ0v) is 18.1. The van der Waals surface area contributed by atoms with Crippen LogP contribution >= 0.6 is 0 Å². The first-order chi connectivity index (χ1) is 13.9. The Morgan fingerprint density at radius 1 is 0.759 bits per heavy atom. The number of carbonyl (C=O) groups is 2. The topological polar surface area (TPSA) is 124 Å². The third kappa shape index (κ3) is 15.5. The Bertz CT molecular complexity index is 414. The molecule has 7 nitrogen and oxygen atoms in total. The van der Waals surface area contributed by atoms with Gasteiger partial charge >= 0.3 is 5.97 Å². The lowest BCUT2D eigenvalue weighted by atomic mass is 10.0. The second-order valence-corrected chi connectivity index (χ2v) is 7.80. The Hall–Kier alpha value is -1.02. The molecule has 0 saturated carbocycles. The molecule has 172 valence electrons. The quantitative estimate of drug-likeness (QED) is 0.177. The molecule has 0 saturated heterocycles. The van der Waals surface area contributed by atoms with E-state index in [0.717, 1.165) is 12.8 Å². The monoisotopic (exact) mass is 418 g/mol. The van der Waals surface area contributed by atoms with Gasteiger partial charge in [0.15, 0.2) is 5.78 Å². The maximum atomic E-state index is 11.6. The van der Waals surface area contributed by atoms with Crippen LogP contribution in [-0.2, 0) is 14.3 Å². The van der Waals surface area contributed by atoms with E-state index in [1.54, 1.807) is 0 Å². The fraction of sp³-hybridized carbons (Fsp3) is 0.909. The Morgan fingerprint density at radius 3 is 1.66 bits per heavy atom. The number of rotatable bonds is 20. The standard InChI is InChI=1S/C22H42O7/c1-2-3-4-5-6-7-8-9-10-11-12-13-14-15-20(26)29-17-19(25)22(28)21(27)18(24)16-23/h19,21-23,25,27-28H,2-17H2,1H3/t19-,21-,22-/m1/s1. The normalized spacial score (nSPS) is 14.4. The van der Waals surface area contributed by atoms with Gasteiger partial charge in [-0.25, -0.2) is 0 Å². The molecule has 29 heavy (non-hydrogen) atoms. The molecule has 0 amide bonds. The summed E-state index contributed by atoms with van der Waals surface area (Å²) in [4.78, 5) is 22.7. The molecule has 0 aromatic heterocycles. The van der Waals surface area contributed by atoms with E-state index in [4.69, 9.17) is 9.84 Å². The van der Waals surface area contributed by atoms with Crippen molar-refractivity contribution in [2.24, 2.45) is 0 Å². The molecule has 0 aliphatic carbocycles. The van der Waals surface area contributed by atoms with E-state index in [9.17, 15) is 24.9 Å². The van der Waals surface area contributed by atoms with E-state index in [-0.39, 0.29) is 6.42 Å².